The van der Waals surface area contributed by atoms with Crippen molar-refractivity contribution < 1.29 is 4.79 Å². The van der Waals surface area contributed by atoms with Crippen molar-refractivity contribution in [2.24, 2.45) is 5.92 Å². The Morgan fingerprint density at radius 2 is 1.88 bits per heavy atom. The van der Waals surface area contributed by atoms with Crippen molar-refractivity contribution in [3.8, 4) is 0 Å². The molecular weight excluding hydrogens is 325 g/mol. The maximum atomic E-state index is 12.1. The van der Waals surface area contributed by atoms with E-state index < -0.39 is 0 Å². The molecule has 1 fully saturated rings. The van der Waals surface area contributed by atoms with E-state index in [0.717, 1.165) is 37.4 Å². The van der Waals surface area contributed by atoms with Crippen LogP contribution in [0.2, 0.25) is 0 Å². The molecule has 0 unspecified atom stereocenters. The lowest BCUT2D eigenvalue weighted by atomic mass is 9.98. The lowest BCUT2D eigenvalue weighted by molar-refractivity contribution is -0.131. The van der Waals surface area contributed by atoms with Gasteiger partial charge in [-0.25, -0.2) is 0 Å². The highest BCUT2D eigenvalue weighted by Gasteiger charge is 2.19. The van der Waals surface area contributed by atoms with E-state index in [-0.39, 0.29) is 5.91 Å². The normalized spacial score (nSPS) is 17.2. The number of carbonyl (C=O) groups excluding carboxylic acids is 1. The third-order valence-electron chi connectivity index (χ3n) is 3.40. The molecule has 0 saturated carbocycles. The molecule has 1 aromatic carbocycles. The summed E-state index contributed by atoms with van der Waals surface area (Å²) in [6.07, 6.45) is 2.85. The number of carbonyl (C=O) groups is 1. The van der Waals surface area contributed by atoms with Gasteiger partial charge in [-0.1, -0.05) is 19.1 Å². The van der Waals surface area contributed by atoms with E-state index in [0.29, 0.717) is 6.42 Å². The Kier molecular flexibility index (Phi) is 4.42. The van der Waals surface area contributed by atoms with Gasteiger partial charge in [0, 0.05) is 16.7 Å². The third kappa shape index (κ3) is 3.69. The summed E-state index contributed by atoms with van der Waals surface area (Å²) in [4.78, 5) is 14.1. The van der Waals surface area contributed by atoms with Crippen molar-refractivity contribution in [2.75, 3.05) is 13.1 Å². The van der Waals surface area contributed by atoms with Gasteiger partial charge >= 0.3 is 0 Å². The van der Waals surface area contributed by atoms with E-state index in [1.165, 1.54) is 3.57 Å². The van der Waals surface area contributed by atoms with Crippen LogP contribution < -0.4 is 0 Å². The summed E-state index contributed by atoms with van der Waals surface area (Å²) in [5.41, 5.74) is 1.12. The fraction of sp³-hybridized carbons (Fsp3) is 0.500. The molecule has 0 aromatic heterocycles. The first kappa shape index (κ1) is 12.9. The van der Waals surface area contributed by atoms with Crippen LogP contribution in [0.3, 0.4) is 0 Å². The van der Waals surface area contributed by atoms with E-state index in [2.05, 4.69) is 41.6 Å². The number of amides is 1. The highest BCUT2D eigenvalue weighted by molar-refractivity contribution is 14.1. The zero-order chi connectivity index (χ0) is 12.3. The molecule has 0 spiro atoms. The van der Waals surface area contributed by atoms with Crippen molar-refractivity contribution in [3.63, 3.8) is 0 Å². The van der Waals surface area contributed by atoms with Gasteiger partial charge in [0.15, 0.2) is 0 Å². The predicted molar refractivity (Wildman–Crippen MR) is 77.8 cm³/mol. The van der Waals surface area contributed by atoms with E-state index in [1.54, 1.807) is 0 Å². The van der Waals surface area contributed by atoms with Crippen molar-refractivity contribution in [1.29, 1.82) is 0 Å². The molecule has 1 heterocycles. The van der Waals surface area contributed by atoms with Crippen molar-refractivity contribution in [3.05, 3.63) is 33.4 Å². The van der Waals surface area contributed by atoms with Crippen molar-refractivity contribution in [1.82, 2.24) is 4.90 Å². The number of hydrogen-bond donors (Lipinski definition) is 0. The number of rotatable bonds is 2. The van der Waals surface area contributed by atoms with Crippen LogP contribution in [-0.4, -0.2) is 23.9 Å². The molecule has 0 bridgehead atoms. The molecule has 1 aliphatic heterocycles. The number of nitrogens with zero attached hydrogens (tertiary/aromatic N) is 1. The molecule has 1 saturated heterocycles. The monoisotopic (exact) mass is 343 g/mol. The van der Waals surface area contributed by atoms with E-state index in [9.17, 15) is 4.79 Å². The number of benzene rings is 1. The van der Waals surface area contributed by atoms with Gasteiger partial charge in [0.1, 0.15) is 0 Å². The molecule has 1 aliphatic rings. The minimum atomic E-state index is 0.276. The molecule has 1 amide bonds. The lowest BCUT2D eigenvalue weighted by Gasteiger charge is -2.30. The van der Waals surface area contributed by atoms with Crippen LogP contribution in [0.25, 0.3) is 0 Å². The SMILES string of the molecule is CC1CCN(C(=O)Cc2ccc(I)cc2)CC1. The summed E-state index contributed by atoms with van der Waals surface area (Å²) in [6, 6.07) is 8.21. The molecule has 2 rings (SSSR count). The maximum Gasteiger partial charge on any atom is 0.226 e. The summed E-state index contributed by atoms with van der Waals surface area (Å²) in [5.74, 6) is 1.05. The molecule has 0 radical (unpaired) electrons. The molecule has 1 aromatic rings. The molecule has 17 heavy (non-hydrogen) atoms. The Morgan fingerprint density at radius 1 is 1.29 bits per heavy atom. The average molecular weight is 343 g/mol. The van der Waals surface area contributed by atoms with Crippen LogP contribution >= 0.6 is 22.6 Å². The second kappa shape index (κ2) is 5.85. The minimum absolute atomic E-state index is 0.276. The second-order valence-corrected chi connectivity index (χ2v) is 6.11. The van der Waals surface area contributed by atoms with Crippen LogP contribution in [-0.2, 0) is 11.2 Å². The summed E-state index contributed by atoms with van der Waals surface area (Å²) in [6.45, 7) is 4.13. The average Bonchev–Trinajstić information content (AvgIpc) is 2.33. The molecular formula is C14H18INO. The third-order valence-corrected chi connectivity index (χ3v) is 4.12. The summed E-state index contributed by atoms with van der Waals surface area (Å²) in [5, 5.41) is 0. The van der Waals surface area contributed by atoms with Gasteiger partial charge in [0.05, 0.1) is 6.42 Å². The first-order valence-corrected chi connectivity index (χ1v) is 7.25. The zero-order valence-corrected chi connectivity index (χ0v) is 12.3. The molecule has 0 aliphatic carbocycles. The smallest absolute Gasteiger partial charge is 0.226 e. The summed E-state index contributed by atoms with van der Waals surface area (Å²) < 4.78 is 1.21. The largest absolute Gasteiger partial charge is 0.342 e. The molecule has 0 atom stereocenters. The fourth-order valence-corrected chi connectivity index (χ4v) is 2.51. The van der Waals surface area contributed by atoms with E-state index >= 15 is 0 Å². The van der Waals surface area contributed by atoms with Crippen LogP contribution in [0.4, 0.5) is 0 Å². The first-order valence-electron chi connectivity index (χ1n) is 6.17. The van der Waals surface area contributed by atoms with Crippen LogP contribution in [0.15, 0.2) is 24.3 Å². The fourth-order valence-electron chi connectivity index (χ4n) is 2.15. The number of hydrogen-bond acceptors (Lipinski definition) is 1. The van der Waals surface area contributed by atoms with Crippen molar-refractivity contribution >= 4 is 28.5 Å². The van der Waals surface area contributed by atoms with Gasteiger partial charge in [-0.2, -0.15) is 0 Å². The molecule has 2 nitrogen and oxygen atoms in total. The highest BCUT2D eigenvalue weighted by Crippen LogP contribution is 2.17. The van der Waals surface area contributed by atoms with Gasteiger partial charge in [-0.3, -0.25) is 4.79 Å². The Hall–Kier alpha value is -0.580. The van der Waals surface area contributed by atoms with Crippen LogP contribution in [0.1, 0.15) is 25.3 Å². The Labute approximate surface area is 117 Å². The number of piperidine rings is 1. The first-order chi connectivity index (χ1) is 8.15. The van der Waals surface area contributed by atoms with Gasteiger partial charge in [0.25, 0.3) is 0 Å². The molecule has 3 heteroatoms. The van der Waals surface area contributed by atoms with Crippen LogP contribution in [0, 0.1) is 9.49 Å². The van der Waals surface area contributed by atoms with Gasteiger partial charge in [-0.15, -0.1) is 0 Å². The second-order valence-electron chi connectivity index (χ2n) is 4.87. The minimum Gasteiger partial charge on any atom is -0.342 e. The topological polar surface area (TPSA) is 20.3 Å². The summed E-state index contributed by atoms with van der Waals surface area (Å²) >= 11 is 2.28. The Morgan fingerprint density at radius 3 is 2.47 bits per heavy atom. The number of likely N-dealkylation sites (tertiary alicyclic amines) is 1. The lowest BCUT2D eigenvalue weighted by Crippen LogP contribution is -2.38. The maximum absolute atomic E-state index is 12.1. The predicted octanol–water partition coefficient (Wildman–Crippen LogP) is 3.09. The Balaban J connectivity index is 1.90. The standard InChI is InChI=1S/C14H18INO/c1-11-6-8-16(9-7-11)14(17)10-12-2-4-13(15)5-3-12/h2-5,11H,6-10H2,1H3. The van der Waals surface area contributed by atoms with Gasteiger partial charge in [-0.05, 0) is 59.0 Å². The van der Waals surface area contributed by atoms with Gasteiger partial charge in [0.2, 0.25) is 5.91 Å². The van der Waals surface area contributed by atoms with Crippen molar-refractivity contribution in [2.45, 2.75) is 26.2 Å². The van der Waals surface area contributed by atoms with E-state index in [1.807, 2.05) is 17.0 Å². The number of halogens is 1. The Bertz CT molecular complexity index is 380. The zero-order valence-electron chi connectivity index (χ0n) is 10.2. The van der Waals surface area contributed by atoms with Crippen LogP contribution in [0.5, 0.6) is 0 Å². The highest BCUT2D eigenvalue weighted by atomic mass is 127. The summed E-state index contributed by atoms with van der Waals surface area (Å²) in [7, 11) is 0. The quantitative estimate of drug-likeness (QED) is 0.756. The van der Waals surface area contributed by atoms with Gasteiger partial charge < -0.3 is 4.90 Å². The molecule has 92 valence electrons. The molecule has 0 N–H and O–H groups in total. The van der Waals surface area contributed by atoms with E-state index in [4.69, 9.17) is 0 Å².